The van der Waals surface area contributed by atoms with E-state index in [1.807, 2.05) is 28.8 Å². The van der Waals surface area contributed by atoms with Crippen molar-refractivity contribution in [1.29, 1.82) is 0 Å². The van der Waals surface area contributed by atoms with Crippen molar-refractivity contribution in [1.82, 2.24) is 4.40 Å². The number of hydrogen-bond donors (Lipinski definition) is 0. The normalized spacial score (nSPS) is 10.7. The van der Waals surface area contributed by atoms with E-state index in [1.165, 1.54) is 0 Å². The summed E-state index contributed by atoms with van der Waals surface area (Å²) in [4.78, 5) is 24.9. The summed E-state index contributed by atoms with van der Waals surface area (Å²) in [7, 11) is 0. The molecule has 0 radical (unpaired) electrons. The molecule has 2 rings (SSSR count). The van der Waals surface area contributed by atoms with Crippen molar-refractivity contribution in [3.05, 3.63) is 41.2 Å². The van der Waals surface area contributed by atoms with Crippen LogP contribution < -0.4 is 0 Å². The molecule has 124 valence electrons. The first kappa shape index (κ1) is 17.1. The smallest absolute Gasteiger partial charge is 0.341 e. The Morgan fingerprint density at radius 2 is 1.65 bits per heavy atom. The summed E-state index contributed by atoms with van der Waals surface area (Å²) >= 11 is 0. The van der Waals surface area contributed by atoms with Crippen molar-refractivity contribution in [2.24, 2.45) is 0 Å². The summed E-state index contributed by atoms with van der Waals surface area (Å²) in [6.07, 6.45) is 4.49. The molecule has 0 unspecified atom stereocenters. The number of esters is 2. The molecule has 23 heavy (non-hydrogen) atoms. The Morgan fingerprint density at radius 1 is 1.00 bits per heavy atom. The molecule has 0 aliphatic carbocycles. The van der Waals surface area contributed by atoms with Gasteiger partial charge >= 0.3 is 11.9 Å². The molecular weight excluding hydrogens is 294 g/mol. The first-order valence-electron chi connectivity index (χ1n) is 8.11. The number of pyridine rings is 1. The minimum Gasteiger partial charge on any atom is -0.462 e. The van der Waals surface area contributed by atoms with Gasteiger partial charge < -0.3 is 13.9 Å². The van der Waals surface area contributed by atoms with E-state index in [-0.39, 0.29) is 13.2 Å². The highest BCUT2D eigenvalue weighted by Crippen LogP contribution is 2.27. The van der Waals surface area contributed by atoms with E-state index >= 15 is 0 Å². The van der Waals surface area contributed by atoms with Crippen LogP contribution in [0.1, 0.15) is 60.0 Å². The predicted octanol–water partition coefficient (Wildman–Crippen LogP) is 3.64. The number of aryl methyl sites for hydroxylation is 1. The summed E-state index contributed by atoms with van der Waals surface area (Å²) < 4.78 is 12.2. The molecule has 0 aliphatic rings. The van der Waals surface area contributed by atoms with E-state index in [0.29, 0.717) is 23.1 Å². The second-order valence-corrected chi connectivity index (χ2v) is 5.20. The van der Waals surface area contributed by atoms with E-state index in [2.05, 4.69) is 6.92 Å². The van der Waals surface area contributed by atoms with Gasteiger partial charge in [0.15, 0.2) is 0 Å². The van der Waals surface area contributed by atoms with Crippen molar-refractivity contribution < 1.29 is 19.1 Å². The lowest BCUT2D eigenvalue weighted by molar-refractivity contribution is 0.0480. The predicted molar refractivity (Wildman–Crippen MR) is 87.9 cm³/mol. The van der Waals surface area contributed by atoms with Gasteiger partial charge in [0.25, 0.3) is 0 Å². The fraction of sp³-hybridized carbons (Fsp3) is 0.444. The van der Waals surface area contributed by atoms with Crippen LogP contribution in [0.3, 0.4) is 0 Å². The first-order valence-corrected chi connectivity index (χ1v) is 8.11. The maximum atomic E-state index is 12.5. The minimum absolute atomic E-state index is 0.259. The van der Waals surface area contributed by atoms with Gasteiger partial charge in [0.1, 0.15) is 0 Å². The quantitative estimate of drug-likeness (QED) is 0.732. The second-order valence-electron chi connectivity index (χ2n) is 5.20. The fourth-order valence-electron chi connectivity index (χ4n) is 2.70. The van der Waals surface area contributed by atoms with Crippen molar-refractivity contribution in [3.63, 3.8) is 0 Å². The van der Waals surface area contributed by atoms with Crippen LogP contribution >= 0.6 is 0 Å². The lowest BCUT2D eigenvalue weighted by Gasteiger charge is -2.07. The van der Waals surface area contributed by atoms with E-state index in [0.717, 1.165) is 18.5 Å². The highest BCUT2D eigenvalue weighted by atomic mass is 16.5. The van der Waals surface area contributed by atoms with Gasteiger partial charge in [-0.15, -0.1) is 0 Å². The van der Waals surface area contributed by atoms with E-state index in [9.17, 15) is 9.59 Å². The molecule has 0 saturated heterocycles. The van der Waals surface area contributed by atoms with Crippen LogP contribution in [-0.2, 0) is 15.9 Å². The van der Waals surface area contributed by atoms with Gasteiger partial charge in [-0.3, -0.25) is 0 Å². The molecule has 0 N–H and O–H groups in total. The number of fused-ring (bicyclic) bond motifs is 1. The van der Waals surface area contributed by atoms with Crippen molar-refractivity contribution in [2.45, 2.75) is 40.0 Å². The number of carbonyl (C=O) groups excluding carboxylic acids is 2. The van der Waals surface area contributed by atoms with Crippen LogP contribution in [0, 0.1) is 0 Å². The van der Waals surface area contributed by atoms with Gasteiger partial charge in [0, 0.05) is 11.9 Å². The van der Waals surface area contributed by atoms with Gasteiger partial charge in [-0.1, -0.05) is 19.4 Å². The van der Waals surface area contributed by atoms with Gasteiger partial charge in [0.05, 0.1) is 29.9 Å². The topological polar surface area (TPSA) is 57.0 Å². The summed E-state index contributed by atoms with van der Waals surface area (Å²) in [6.45, 7) is 6.11. The molecule has 5 nitrogen and oxygen atoms in total. The maximum Gasteiger partial charge on any atom is 0.341 e. The molecule has 0 aliphatic heterocycles. The Labute approximate surface area is 136 Å². The Balaban J connectivity index is 2.70. The standard InChI is InChI=1S/C18H23NO4/c1-4-7-10-13-15(17(20)22-5-2)16(18(21)23-6-3)14-11-8-9-12-19(13)14/h8-9,11-12H,4-7,10H2,1-3H3. The van der Waals surface area contributed by atoms with Crippen LogP contribution in [0.4, 0.5) is 0 Å². The van der Waals surface area contributed by atoms with Gasteiger partial charge in [0.2, 0.25) is 0 Å². The second kappa shape index (κ2) is 7.81. The number of ether oxygens (including phenoxy) is 2. The lowest BCUT2D eigenvalue weighted by atomic mass is 10.1. The van der Waals surface area contributed by atoms with Crippen molar-refractivity contribution >= 4 is 17.5 Å². The summed E-state index contributed by atoms with van der Waals surface area (Å²) in [5.74, 6) is -0.952. The maximum absolute atomic E-state index is 12.5. The van der Waals surface area contributed by atoms with Crippen LogP contribution in [0.25, 0.3) is 5.52 Å². The van der Waals surface area contributed by atoms with Crippen LogP contribution in [0.15, 0.2) is 24.4 Å². The molecule has 0 amide bonds. The molecular formula is C18H23NO4. The molecule has 2 heterocycles. The summed E-state index contributed by atoms with van der Waals surface area (Å²) in [5, 5.41) is 0. The number of aromatic nitrogens is 1. The average Bonchev–Trinajstić information content (AvgIpc) is 2.88. The summed E-state index contributed by atoms with van der Waals surface area (Å²) in [5.41, 5.74) is 2.13. The zero-order valence-corrected chi connectivity index (χ0v) is 13.9. The van der Waals surface area contributed by atoms with Crippen LogP contribution in [-0.4, -0.2) is 29.6 Å². The number of rotatable bonds is 7. The van der Waals surface area contributed by atoms with Crippen molar-refractivity contribution in [2.75, 3.05) is 13.2 Å². The number of hydrogen-bond acceptors (Lipinski definition) is 4. The average molecular weight is 317 g/mol. The Morgan fingerprint density at radius 3 is 2.26 bits per heavy atom. The zero-order chi connectivity index (χ0) is 16.8. The van der Waals surface area contributed by atoms with Crippen LogP contribution in [0.5, 0.6) is 0 Å². The zero-order valence-electron chi connectivity index (χ0n) is 13.9. The Hall–Kier alpha value is -2.30. The lowest BCUT2D eigenvalue weighted by Crippen LogP contribution is -2.14. The minimum atomic E-state index is -0.484. The van der Waals surface area contributed by atoms with Crippen molar-refractivity contribution in [3.8, 4) is 0 Å². The number of carbonyl (C=O) groups is 2. The molecule has 0 bridgehead atoms. The molecule has 0 aromatic carbocycles. The highest BCUT2D eigenvalue weighted by molar-refractivity contribution is 6.09. The van der Waals surface area contributed by atoms with Crippen LogP contribution in [0.2, 0.25) is 0 Å². The highest BCUT2D eigenvalue weighted by Gasteiger charge is 2.29. The van der Waals surface area contributed by atoms with Gasteiger partial charge in [-0.25, -0.2) is 9.59 Å². The van der Waals surface area contributed by atoms with E-state index in [4.69, 9.17) is 9.47 Å². The number of nitrogens with zero attached hydrogens (tertiary/aromatic N) is 1. The summed E-state index contributed by atoms with van der Waals surface area (Å²) in [6, 6.07) is 5.55. The third-order valence-corrected chi connectivity index (χ3v) is 3.67. The van der Waals surface area contributed by atoms with E-state index in [1.54, 1.807) is 13.8 Å². The molecule has 0 atom stereocenters. The van der Waals surface area contributed by atoms with Gasteiger partial charge in [-0.05, 0) is 38.8 Å². The molecule has 0 fully saturated rings. The molecule has 2 aromatic rings. The van der Waals surface area contributed by atoms with Gasteiger partial charge in [-0.2, -0.15) is 0 Å². The Kier molecular flexibility index (Phi) is 5.79. The third kappa shape index (κ3) is 3.38. The molecule has 0 spiro atoms. The molecule has 2 aromatic heterocycles. The fourth-order valence-corrected chi connectivity index (χ4v) is 2.70. The SMILES string of the molecule is CCCCc1c(C(=O)OCC)c(C(=O)OCC)c2ccccn12. The van der Waals surface area contributed by atoms with E-state index < -0.39 is 11.9 Å². The first-order chi connectivity index (χ1) is 11.2. The number of unbranched alkanes of at least 4 members (excludes halogenated alkanes) is 1. The largest absolute Gasteiger partial charge is 0.462 e. The molecule has 5 heteroatoms. The monoisotopic (exact) mass is 317 g/mol. The third-order valence-electron chi connectivity index (χ3n) is 3.67. The Bertz CT molecular complexity index is 702. The molecule has 0 saturated carbocycles.